The number of fused-ring (bicyclic) bond motifs is 1. The molecule has 1 aromatic rings. The predicted molar refractivity (Wildman–Crippen MR) is 85.4 cm³/mol. The maximum Gasteiger partial charge on any atom is 0.273 e. The quantitative estimate of drug-likeness (QED) is 0.659. The number of hydrogen-bond donors (Lipinski definition) is 1. The number of benzene rings is 1. The number of nitro groups is 1. The van der Waals surface area contributed by atoms with Crippen LogP contribution in [0.25, 0.3) is 0 Å². The highest BCUT2D eigenvalue weighted by Crippen LogP contribution is 2.41. The molecule has 3 rings (SSSR count). The lowest BCUT2D eigenvalue weighted by molar-refractivity contribution is -0.385. The molecule has 0 aromatic heterocycles. The molecule has 1 saturated heterocycles. The van der Waals surface area contributed by atoms with Gasteiger partial charge in [-0.05, 0) is 64.0 Å². The van der Waals surface area contributed by atoms with Gasteiger partial charge in [0.25, 0.3) is 5.69 Å². The standard InChI is InChI=1S/C16H22N2O2.H3N/c1-16(2)10-3-4-11-17(16)14-8-9-15(18(19)20)13-7-5-6-12(13)14;/h8-9H,3-7,10-11H2,1-2H3;1H3. The van der Waals surface area contributed by atoms with Gasteiger partial charge < -0.3 is 11.1 Å². The molecule has 1 aliphatic carbocycles. The molecule has 21 heavy (non-hydrogen) atoms. The summed E-state index contributed by atoms with van der Waals surface area (Å²) in [5.74, 6) is 0. The Bertz CT molecular complexity index is 555. The van der Waals surface area contributed by atoms with Crippen molar-refractivity contribution in [2.45, 2.75) is 57.9 Å². The van der Waals surface area contributed by atoms with Crippen molar-refractivity contribution in [1.82, 2.24) is 6.15 Å². The molecule has 3 N–H and O–H groups in total. The Kier molecular flexibility index (Phi) is 4.23. The molecule has 0 spiro atoms. The van der Waals surface area contributed by atoms with Crippen LogP contribution in [0.4, 0.5) is 11.4 Å². The van der Waals surface area contributed by atoms with E-state index >= 15 is 0 Å². The van der Waals surface area contributed by atoms with E-state index in [9.17, 15) is 10.1 Å². The Morgan fingerprint density at radius 3 is 2.52 bits per heavy atom. The van der Waals surface area contributed by atoms with Gasteiger partial charge in [-0.2, -0.15) is 0 Å². The molecule has 0 saturated carbocycles. The second kappa shape index (κ2) is 5.64. The van der Waals surface area contributed by atoms with Crippen molar-refractivity contribution in [2.75, 3.05) is 11.4 Å². The highest BCUT2D eigenvalue weighted by molar-refractivity contribution is 5.65. The van der Waals surface area contributed by atoms with Crippen LogP contribution in [0.2, 0.25) is 0 Å². The Balaban J connectivity index is 0.00000161. The molecular formula is C16H25N3O2. The van der Waals surface area contributed by atoms with Gasteiger partial charge in [-0.1, -0.05) is 0 Å². The van der Waals surface area contributed by atoms with Crippen LogP contribution in [0.1, 0.15) is 50.7 Å². The summed E-state index contributed by atoms with van der Waals surface area (Å²) in [6.07, 6.45) is 6.57. The number of anilines is 1. The van der Waals surface area contributed by atoms with Crippen molar-refractivity contribution in [1.29, 1.82) is 0 Å². The van der Waals surface area contributed by atoms with Crippen molar-refractivity contribution in [3.63, 3.8) is 0 Å². The molecule has 1 heterocycles. The molecule has 5 heteroatoms. The van der Waals surface area contributed by atoms with E-state index in [-0.39, 0.29) is 16.6 Å². The molecule has 0 unspecified atom stereocenters. The monoisotopic (exact) mass is 291 g/mol. The second-order valence-corrected chi connectivity index (χ2v) is 6.59. The predicted octanol–water partition coefficient (Wildman–Crippen LogP) is 4.01. The fraction of sp³-hybridized carbons (Fsp3) is 0.625. The number of piperidine rings is 1. The van der Waals surface area contributed by atoms with Gasteiger partial charge in [0.2, 0.25) is 0 Å². The largest absolute Gasteiger partial charge is 0.366 e. The van der Waals surface area contributed by atoms with Gasteiger partial charge >= 0.3 is 0 Å². The number of nitrogens with zero attached hydrogens (tertiary/aromatic N) is 2. The van der Waals surface area contributed by atoms with Gasteiger partial charge in [-0.25, -0.2) is 0 Å². The van der Waals surface area contributed by atoms with Crippen LogP contribution in [-0.4, -0.2) is 17.0 Å². The Morgan fingerprint density at radius 2 is 1.86 bits per heavy atom. The van der Waals surface area contributed by atoms with Crippen LogP contribution in [0.3, 0.4) is 0 Å². The van der Waals surface area contributed by atoms with E-state index < -0.39 is 0 Å². The van der Waals surface area contributed by atoms with Crippen LogP contribution in [0.5, 0.6) is 0 Å². The third-order valence-corrected chi connectivity index (χ3v) is 4.87. The van der Waals surface area contributed by atoms with Crippen LogP contribution in [-0.2, 0) is 12.8 Å². The molecule has 2 aliphatic rings. The molecule has 1 aliphatic heterocycles. The summed E-state index contributed by atoms with van der Waals surface area (Å²) >= 11 is 0. The van der Waals surface area contributed by atoms with Crippen LogP contribution in [0, 0.1) is 10.1 Å². The zero-order valence-corrected chi connectivity index (χ0v) is 13.0. The third-order valence-electron chi connectivity index (χ3n) is 4.87. The molecule has 1 fully saturated rings. The summed E-state index contributed by atoms with van der Waals surface area (Å²) in [6.45, 7) is 5.64. The van der Waals surface area contributed by atoms with E-state index in [1.165, 1.54) is 30.5 Å². The minimum absolute atomic E-state index is 0. The van der Waals surface area contributed by atoms with E-state index in [1.54, 1.807) is 6.07 Å². The normalized spacial score (nSPS) is 19.8. The highest BCUT2D eigenvalue weighted by Gasteiger charge is 2.34. The number of rotatable bonds is 2. The van der Waals surface area contributed by atoms with Gasteiger partial charge in [0, 0.05) is 29.4 Å². The van der Waals surface area contributed by atoms with E-state index in [0.29, 0.717) is 5.69 Å². The fourth-order valence-corrected chi connectivity index (χ4v) is 3.80. The molecule has 1 aromatic carbocycles. The van der Waals surface area contributed by atoms with Crippen molar-refractivity contribution in [3.8, 4) is 0 Å². The van der Waals surface area contributed by atoms with Gasteiger partial charge in [-0.15, -0.1) is 0 Å². The maximum absolute atomic E-state index is 11.2. The summed E-state index contributed by atoms with van der Waals surface area (Å²) in [7, 11) is 0. The first-order valence-corrected chi connectivity index (χ1v) is 7.57. The number of hydrogen-bond acceptors (Lipinski definition) is 4. The minimum atomic E-state index is -0.227. The topological polar surface area (TPSA) is 81.4 Å². The SMILES string of the molecule is CC1(C)CCCCN1c1ccc([N+](=O)[O-])c2c1CCC2.N. The Labute approximate surface area is 126 Å². The summed E-state index contributed by atoms with van der Waals surface area (Å²) in [5.41, 5.74) is 3.93. The fourth-order valence-electron chi connectivity index (χ4n) is 3.80. The molecular weight excluding hydrogens is 266 g/mol. The smallest absolute Gasteiger partial charge is 0.273 e. The molecule has 0 bridgehead atoms. The lowest BCUT2D eigenvalue weighted by atomic mass is 9.88. The van der Waals surface area contributed by atoms with Crippen LogP contribution in [0.15, 0.2) is 12.1 Å². The van der Waals surface area contributed by atoms with Crippen molar-refractivity contribution in [3.05, 3.63) is 33.4 Å². The van der Waals surface area contributed by atoms with E-state index in [1.807, 2.05) is 6.07 Å². The Morgan fingerprint density at radius 1 is 1.14 bits per heavy atom. The van der Waals surface area contributed by atoms with Gasteiger partial charge in [0.15, 0.2) is 0 Å². The van der Waals surface area contributed by atoms with E-state index in [0.717, 1.165) is 31.4 Å². The summed E-state index contributed by atoms with van der Waals surface area (Å²) < 4.78 is 0. The van der Waals surface area contributed by atoms with E-state index in [2.05, 4.69) is 18.7 Å². The molecule has 0 atom stereocenters. The van der Waals surface area contributed by atoms with Gasteiger partial charge in [0.05, 0.1) is 4.92 Å². The van der Waals surface area contributed by atoms with Crippen LogP contribution < -0.4 is 11.1 Å². The summed E-state index contributed by atoms with van der Waals surface area (Å²) in [6, 6.07) is 3.69. The van der Waals surface area contributed by atoms with Crippen LogP contribution >= 0.6 is 0 Å². The lowest BCUT2D eigenvalue weighted by Gasteiger charge is -2.45. The molecule has 0 amide bonds. The number of nitro benzene ring substituents is 1. The maximum atomic E-state index is 11.2. The van der Waals surface area contributed by atoms with Gasteiger partial charge in [-0.3, -0.25) is 10.1 Å². The average molecular weight is 291 g/mol. The minimum Gasteiger partial charge on any atom is -0.366 e. The highest BCUT2D eigenvalue weighted by atomic mass is 16.6. The second-order valence-electron chi connectivity index (χ2n) is 6.59. The molecule has 5 nitrogen and oxygen atoms in total. The zero-order valence-electron chi connectivity index (χ0n) is 13.0. The van der Waals surface area contributed by atoms with Gasteiger partial charge in [0.1, 0.15) is 0 Å². The molecule has 116 valence electrons. The first kappa shape index (κ1) is 15.8. The van der Waals surface area contributed by atoms with Crippen molar-refractivity contribution in [2.24, 2.45) is 0 Å². The third kappa shape index (κ3) is 2.62. The zero-order chi connectivity index (χ0) is 14.3. The molecule has 0 radical (unpaired) electrons. The van der Waals surface area contributed by atoms with Crippen molar-refractivity contribution < 1.29 is 4.92 Å². The van der Waals surface area contributed by atoms with Crippen molar-refractivity contribution >= 4 is 11.4 Å². The van der Waals surface area contributed by atoms with E-state index in [4.69, 9.17) is 0 Å². The summed E-state index contributed by atoms with van der Waals surface area (Å²) in [5, 5.41) is 11.2. The first-order chi connectivity index (χ1) is 9.50. The first-order valence-electron chi connectivity index (χ1n) is 7.57. The lowest BCUT2D eigenvalue weighted by Crippen LogP contribution is -2.48. The average Bonchev–Trinajstić information content (AvgIpc) is 2.86. The Hall–Kier alpha value is -1.62. The summed E-state index contributed by atoms with van der Waals surface area (Å²) in [4.78, 5) is 13.4.